The van der Waals surface area contributed by atoms with Crippen LogP contribution in [0.5, 0.6) is 5.75 Å². The Labute approximate surface area is 204 Å². The first-order valence-electron chi connectivity index (χ1n) is 9.50. The van der Waals surface area contributed by atoms with Crippen molar-refractivity contribution in [2.75, 3.05) is 0 Å². The molecule has 0 aliphatic carbocycles. The van der Waals surface area contributed by atoms with Gasteiger partial charge in [0.1, 0.15) is 5.75 Å². The molecule has 0 atom stereocenters. The van der Waals surface area contributed by atoms with E-state index < -0.39 is 53.3 Å². The van der Waals surface area contributed by atoms with E-state index in [4.69, 9.17) is 0 Å². The van der Waals surface area contributed by atoms with E-state index in [1.165, 1.54) is 12.1 Å². The number of hydrogen-bond donors (Lipinski definition) is 0. The summed E-state index contributed by atoms with van der Waals surface area (Å²) in [5.74, 6) is -8.10. The van der Waals surface area contributed by atoms with Crippen LogP contribution in [0, 0.1) is 0 Å². The van der Waals surface area contributed by atoms with Gasteiger partial charge in [0.15, 0.2) is 24.8 Å². The van der Waals surface area contributed by atoms with Gasteiger partial charge in [0.2, 0.25) is 0 Å². The summed E-state index contributed by atoms with van der Waals surface area (Å²) in [6.45, 7) is 0. The van der Waals surface area contributed by atoms with Gasteiger partial charge in [-0.15, -0.1) is 0 Å². The van der Waals surface area contributed by atoms with Crippen molar-refractivity contribution in [1.29, 1.82) is 0 Å². The van der Waals surface area contributed by atoms with Crippen LogP contribution in [-0.2, 0) is 31.1 Å². The second-order valence-electron chi connectivity index (χ2n) is 7.00. The number of benzene rings is 3. The lowest BCUT2D eigenvalue weighted by atomic mass is 10.3. The standard InChI is InChI=1S/C21H14F6O6S3/c22-19(23,20(24,25)35(28,29)30)21(26,27)36(31,32)33-15-11-13-18(14-12-15)34(16-7-3-1-4-8-16)17-9-5-2-6-10-17/h1-14H. The third-order valence-electron chi connectivity index (χ3n) is 4.58. The molecule has 0 unspecified atom stereocenters. The van der Waals surface area contributed by atoms with Gasteiger partial charge in [-0.05, 0) is 48.5 Å². The molecule has 3 aromatic rings. The molecule has 194 valence electrons. The molecule has 0 fully saturated rings. The highest BCUT2D eigenvalue weighted by Crippen LogP contribution is 2.51. The average Bonchev–Trinajstić information content (AvgIpc) is 2.80. The Kier molecular flexibility index (Phi) is 7.43. The van der Waals surface area contributed by atoms with E-state index in [1.807, 2.05) is 0 Å². The largest absolute Gasteiger partial charge is 0.743 e. The molecular weight excluding hydrogens is 558 g/mol. The molecule has 36 heavy (non-hydrogen) atoms. The molecule has 0 radical (unpaired) electrons. The van der Waals surface area contributed by atoms with Gasteiger partial charge in [-0.3, -0.25) is 0 Å². The van der Waals surface area contributed by atoms with Gasteiger partial charge in [-0.25, -0.2) is 8.42 Å². The summed E-state index contributed by atoms with van der Waals surface area (Å²) in [5, 5.41) is -13.7. The second-order valence-corrected chi connectivity index (χ2v) is 12.0. The number of alkyl halides is 6. The topological polar surface area (TPSA) is 101 Å². The van der Waals surface area contributed by atoms with Gasteiger partial charge in [0.05, 0.1) is 10.9 Å². The van der Waals surface area contributed by atoms with Crippen LogP contribution >= 0.6 is 0 Å². The van der Waals surface area contributed by atoms with E-state index in [1.54, 1.807) is 60.7 Å². The highest BCUT2D eigenvalue weighted by Gasteiger charge is 2.81. The van der Waals surface area contributed by atoms with Crippen LogP contribution < -0.4 is 4.18 Å². The van der Waals surface area contributed by atoms with Crippen molar-refractivity contribution >= 4 is 31.1 Å². The minimum absolute atomic E-state index is 0.526. The zero-order valence-electron chi connectivity index (χ0n) is 17.5. The Hall–Kier alpha value is -2.75. The van der Waals surface area contributed by atoms with Gasteiger partial charge in [-0.1, -0.05) is 36.4 Å². The van der Waals surface area contributed by atoms with E-state index in [9.17, 15) is 47.7 Å². The summed E-state index contributed by atoms with van der Waals surface area (Å²) in [6, 6.07) is 22.0. The third kappa shape index (κ3) is 4.92. The smallest absolute Gasteiger partial charge is 0.450 e. The molecule has 0 N–H and O–H groups in total. The van der Waals surface area contributed by atoms with Gasteiger partial charge in [-0.2, -0.15) is 34.8 Å². The molecule has 0 heterocycles. The van der Waals surface area contributed by atoms with E-state index in [2.05, 4.69) is 4.18 Å². The van der Waals surface area contributed by atoms with E-state index in [0.717, 1.165) is 21.9 Å². The van der Waals surface area contributed by atoms with Crippen molar-refractivity contribution in [3.63, 3.8) is 0 Å². The molecule has 0 aromatic heterocycles. The summed E-state index contributed by atoms with van der Waals surface area (Å²) >= 11 is 0. The fourth-order valence-electron chi connectivity index (χ4n) is 2.82. The first-order valence-corrected chi connectivity index (χ1v) is 13.5. The maximum atomic E-state index is 14.0. The summed E-state index contributed by atoms with van der Waals surface area (Å²) in [4.78, 5) is 2.16. The predicted octanol–water partition coefficient (Wildman–Crippen LogP) is 4.86. The Bertz CT molecular complexity index is 1380. The summed E-state index contributed by atoms with van der Waals surface area (Å²) in [5.41, 5.74) is 0. The van der Waals surface area contributed by atoms with E-state index in [0.29, 0.717) is 4.90 Å². The molecule has 0 saturated carbocycles. The van der Waals surface area contributed by atoms with Crippen LogP contribution in [0.15, 0.2) is 99.6 Å². The van der Waals surface area contributed by atoms with Crippen molar-refractivity contribution in [2.45, 2.75) is 31.1 Å². The molecule has 6 nitrogen and oxygen atoms in total. The van der Waals surface area contributed by atoms with Crippen molar-refractivity contribution in [2.24, 2.45) is 0 Å². The molecule has 3 aromatic carbocycles. The maximum Gasteiger partial charge on any atom is 0.450 e. The zero-order chi connectivity index (χ0) is 27.0. The molecule has 0 aliphatic rings. The number of halogens is 6. The van der Waals surface area contributed by atoms with Crippen molar-refractivity contribution in [1.82, 2.24) is 0 Å². The Morgan fingerprint density at radius 3 is 1.39 bits per heavy atom. The summed E-state index contributed by atoms with van der Waals surface area (Å²) in [6.07, 6.45) is 0. The van der Waals surface area contributed by atoms with Crippen LogP contribution in [0.4, 0.5) is 26.3 Å². The molecule has 3 rings (SSSR count). The molecule has 15 heteroatoms. The number of rotatable bonds is 9. The quantitative estimate of drug-likeness (QED) is 0.157. The van der Waals surface area contributed by atoms with Crippen LogP contribution in [0.1, 0.15) is 0 Å². The SMILES string of the molecule is O=S(=O)([O-])C(F)(F)C(F)(F)C(F)(F)S(=O)(=O)Oc1ccc([S+](c2ccccc2)c2ccccc2)cc1. The second kappa shape index (κ2) is 9.61. The lowest BCUT2D eigenvalue weighted by Gasteiger charge is -2.32. The van der Waals surface area contributed by atoms with Gasteiger partial charge < -0.3 is 8.74 Å². The van der Waals surface area contributed by atoms with Crippen LogP contribution in [0.3, 0.4) is 0 Å². The Morgan fingerprint density at radius 2 is 1.00 bits per heavy atom. The zero-order valence-corrected chi connectivity index (χ0v) is 20.0. The van der Waals surface area contributed by atoms with E-state index in [-0.39, 0.29) is 0 Å². The van der Waals surface area contributed by atoms with Crippen LogP contribution in [0.25, 0.3) is 0 Å². The Morgan fingerprint density at radius 1 is 0.611 bits per heavy atom. The summed E-state index contributed by atoms with van der Waals surface area (Å²) in [7, 11) is -15.1. The molecule has 0 bridgehead atoms. The predicted molar refractivity (Wildman–Crippen MR) is 116 cm³/mol. The van der Waals surface area contributed by atoms with Gasteiger partial charge >= 0.3 is 26.5 Å². The first-order chi connectivity index (χ1) is 16.5. The van der Waals surface area contributed by atoms with Crippen molar-refractivity contribution < 1.29 is 51.9 Å². The van der Waals surface area contributed by atoms with Crippen LogP contribution in [0.2, 0.25) is 0 Å². The lowest BCUT2D eigenvalue weighted by Crippen LogP contribution is -2.61. The Balaban J connectivity index is 1.95. The minimum Gasteiger partial charge on any atom is -0.743 e. The molecule has 0 saturated heterocycles. The molecule has 0 spiro atoms. The third-order valence-corrected chi connectivity index (χ3v) is 8.99. The van der Waals surface area contributed by atoms with Crippen molar-refractivity contribution in [3.05, 3.63) is 84.9 Å². The van der Waals surface area contributed by atoms with Crippen LogP contribution in [-0.4, -0.2) is 37.8 Å². The van der Waals surface area contributed by atoms with Gasteiger partial charge in [0, 0.05) is 0 Å². The summed E-state index contributed by atoms with van der Waals surface area (Å²) < 4.78 is 141. The fourth-order valence-corrected chi connectivity index (χ4v) is 6.32. The molecular formula is C21H14F6O6S3. The highest BCUT2D eigenvalue weighted by molar-refractivity contribution is 7.97. The minimum atomic E-state index is -7.38. The monoisotopic (exact) mass is 572 g/mol. The highest BCUT2D eigenvalue weighted by atomic mass is 32.2. The van der Waals surface area contributed by atoms with Gasteiger partial charge in [0.25, 0.3) is 0 Å². The lowest BCUT2D eigenvalue weighted by molar-refractivity contribution is -0.247. The molecule has 0 amide bonds. The molecule has 0 aliphatic heterocycles. The van der Waals surface area contributed by atoms with Crippen molar-refractivity contribution in [3.8, 4) is 5.75 Å². The maximum absolute atomic E-state index is 14.0. The first kappa shape index (κ1) is 27.8. The fraction of sp³-hybridized carbons (Fsp3) is 0.143. The average molecular weight is 573 g/mol. The van der Waals surface area contributed by atoms with E-state index >= 15 is 0 Å². The normalized spacial score (nSPS) is 13.6. The number of hydrogen-bond acceptors (Lipinski definition) is 6.